The van der Waals surface area contributed by atoms with Crippen LogP contribution in [0.25, 0.3) is 0 Å². The first kappa shape index (κ1) is 15.9. The quantitative estimate of drug-likeness (QED) is 0.883. The smallest absolute Gasteiger partial charge is 0.123 e. The van der Waals surface area contributed by atoms with Gasteiger partial charge in [-0.1, -0.05) is 15.9 Å². The number of hydrogen-bond acceptors (Lipinski definition) is 3. The fraction of sp³-hybridized carbons (Fsp3) is 0.500. The van der Waals surface area contributed by atoms with E-state index >= 15 is 0 Å². The van der Waals surface area contributed by atoms with Crippen LogP contribution in [0, 0.1) is 5.82 Å². The molecule has 1 aromatic rings. The maximum absolute atomic E-state index is 13.3. The lowest BCUT2D eigenvalue weighted by molar-refractivity contribution is 0.110. The van der Waals surface area contributed by atoms with E-state index in [9.17, 15) is 9.50 Å². The number of aliphatic hydroxyl groups is 1. The number of aliphatic hydroxyl groups excluding tert-OH is 1. The molecule has 0 aromatic heterocycles. The van der Waals surface area contributed by atoms with Crippen LogP contribution in [0.3, 0.4) is 0 Å². The molecule has 18 heavy (non-hydrogen) atoms. The summed E-state index contributed by atoms with van der Waals surface area (Å²) in [6.45, 7) is 3.55. The lowest BCUT2D eigenvalue weighted by Gasteiger charge is -2.34. The monoisotopic (exact) mass is 338 g/mol. The molecule has 0 bridgehead atoms. The van der Waals surface area contributed by atoms with Crippen LogP contribution >= 0.6 is 28.3 Å². The zero-order valence-corrected chi connectivity index (χ0v) is 12.3. The van der Waals surface area contributed by atoms with Crippen molar-refractivity contribution < 1.29 is 9.50 Å². The molecule has 102 valence electrons. The normalized spacial score (nSPS) is 18.2. The number of rotatable bonds is 3. The predicted octanol–water partition coefficient (Wildman–Crippen LogP) is 1.95. The molecule has 0 aliphatic carbocycles. The summed E-state index contributed by atoms with van der Waals surface area (Å²) in [5, 5.41) is 12.8. The van der Waals surface area contributed by atoms with Crippen LogP contribution < -0.4 is 5.32 Å². The minimum Gasteiger partial charge on any atom is -0.394 e. The predicted molar refractivity (Wildman–Crippen MR) is 75.6 cm³/mol. The Balaban J connectivity index is 0.00000162. The molecule has 0 spiro atoms. The standard InChI is InChI=1S/C12H16BrFN2O.ClH/c13-11-2-1-9(14)7-10(11)12(8-17)16-5-3-15-4-6-16;/h1-2,7,12,15,17H,3-6,8H2;1H/t12-;/m1./s1. The van der Waals surface area contributed by atoms with E-state index in [-0.39, 0.29) is 30.9 Å². The topological polar surface area (TPSA) is 35.5 Å². The van der Waals surface area contributed by atoms with Crippen molar-refractivity contribution in [1.82, 2.24) is 10.2 Å². The van der Waals surface area contributed by atoms with Crippen molar-refractivity contribution in [2.45, 2.75) is 6.04 Å². The van der Waals surface area contributed by atoms with Crippen molar-refractivity contribution >= 4 is 28.3 Å². The molecular weight excluding hydrogens is 323 g/mol. The maximum atomic E-state index is 13.3. The van der Waals surface area contributed by atoms with Gasteiger partial charge in [0.2, 0.25) is 0 Å². The molecule has 0 amide bonds. The lowest BCUT2D eigenvalue weighted by Crippen LogP contribution is -2.46. The van der Waals surface area contributed by atoms with Crippen LogP contribution in [0.1, 0.15) is 11.6 Å². The van der Waals surface area contributed by atoms with Crippen LogP contribution in [0.4, 0.5) is 4.39 Å². The van der Waals surface area contributed by atoms with Crippen LogP contribution in [0.15, 0.2) is 22.7 Å². The van der Waals surface area contributed by atoms with Crippen LogP contribution in [0.2, 0.25) is 0 Å². The maximum Gasteiger partial charge on any atom is 0.123 e. The van der Waals surface area contributed by atoms with Gasteiger partial charge in [-0.15, -0.1) is 12.4 Å². The van der Waals surface area contributed by atoms with Crippen LogP contribution in [-0.2, 0) is 0 Å². The third-order valence-electron chi connectivity index (χ3n) is 3.08. The fourth-order valence-corrected chi connectivity index (χ4v) is 2.69. The van der Waals surface area contributed by atoms with Gasteiger partial charge >= 0.3 is 0 Å². The number of nitrogens with zero attached hydrogens (tertiary/aromatic N) is 1. The summed E-state index contributed by atoms with van der Waals surface area (Å²) in [4.78, 5) is 2.18. The molecule has 1 heterocycles. The number of nitrogens with one attached hydrogen (secondary N) is 1. The number of benzene rings is 1. The minimum absolute atomic E-state index is 0. The van der Waals surface area contributed by atoms with Gasteiger partial charge in [0.25, 0.3) is 0 Å². The molecule has 0 saturated carbocycles. The molecule has 1 atom stereocenters. The Kier molecular flexibility index (Phi) is 6.52. The molecule has 1 aromatic carbocycles. The van der Waals surface area contributed by atoms with E-state index in [1.54, 1.807) is 6.07 Å². The largest absolute Gasteiger partial charge is 0.394 e. The molecule has 6 heteroatoms. The summed E-state index contributed by atoms with van der Waals surface area (Å²) in [5.41, 5.74) is 0.814. The molecule has 0 radical (unpaired) electrons. The van der Waals surface area contributed by atoms with E-state index in [0.717, 1.165) is 36.2 Å². The average molecular weight is 340 g/mol. The highest BCUT2D eigenvalue weighted by Gasteiger charge is 2.23. The number of piperazine rings is 1. The van der Waals surface area contributed by atoms with Gasteiger partial charge in [-0.2, -0.15) is 0 Å². The molecule has 0 unspecified atom stereocenters. The molecule has 2 N–H and O–H groups in total. The third-order valence-corrected chi connectivity index (χ3v) is 3.80. The fourth-order valence-electron chi connectivity index (χ4n) is 2.17. The Hall–Kier alpha value is -0.200. The van der Waals surface area contributed by atoms with E-state index < -0.39 is 0 Å². The van der Waals surface area contributed by atoms with Gasteiger partial charge in [-0.3, -0.25) is 4.90 Å². The Morgan fingerprint density at radius 1 is 1.39 bits per heavy atom. The first-order chi connectivity index (χ1) is 8.22. The molecule has 1 saturated heterocycles. The summed E-state index contributed by atoms with van der Waals surface area (Å²) in [6.07, 6.45) is 0. The molecule has 1 aliphatic heterocycles. The van der Waals surface area contributed by atoms with Gasteiger partial charge in [0, 0.05) is 30.7 Å². The number of hydrogen-bond donors (Lipinski definition) is 2. The minimum atomic E-state index is -0.267. The number of halogens is 3. The summed E-state index contributed by atoms with van der Waals surface area (Å²) in [5.74, 6) is -0.267. The van der Waals surface area contributed by atoms with Gasteiger partial charge in [-0.05, 0) is 23.8 Å². The van der Waals surface area contributed by atoms with Gasteiger partial charge in [0.1, 0.15) is 5.82 Å². The van der Waals surface area contributed by atoms with Crippen molar-refractivity contribution in [2.24, 2.45) is 0 Å². The molecule has 2 rings (SSSR count). The second-order valence-electron chi connectivity index (χ2n) is 4.15. The van der Waals surface area contributed by atoms with Crippen LogP contribution in [0.5, 0.6) is 0 Å². The van der Waals surface area contributed by atoms with Gasteiger partial charge in [0.05, 0.1) is 12.6 Å². The second kappa shape index (κ2) is 7.40. The Bertz CT molecular complexity index is 388. The first-order valence-corrected chi connectivity index (χ1v) is 6.52. The van der Waals surface area contributed by atoms with Crippen molar-refractivity contribution in [1.29, 1.82) is 0 Å². The van der Waals surface area contributed by atoms with Crippen molar-refractivity contribution in [3.63, 3.8) is 0 Å². The summed E-state index contributed by atoms with van der Waals surface area (Å²) in [6, 6.07) is 4.46. The SMILES string of the molecule is Cl.OC[C@H](c1cc(F)ccc1Br)N1CCNCC1. The van der Waals surface area contributed by atoms with Gasteiger partial charge in [-0.25, -0.2) is 4.39 Å². The Morgan fingerprint density at radius 2 is 2.06 bits per heavy atom. The zero-order valence-electron chi connectivity index (χ0n) is 9.90. The van der Waals surface area contributed by atoms with Crippen molar-refractivity contribution in [3.05, 3.63) is 34.1 Å². The van der Waals surface area contributed by atoms with Crippen molar-refractivity contribution in [3.8, 4) is 0 Å². The highest BCUT2D eigenvalue weighted by atomic mass is 79.9. The molecule has 3 nitrogen and oxygen atoms in total. The van der Waals surface area contributed by atoms with E-state index in [4.69, 9.17) is 0 Å². The van der Waals surface area contributed by atoms with E-state index in [2.05, 4.69) is 26.1 Å². The second-order valence-corrected chi connectivity index (χ2v) is 5.00. The summed E-state index contributed by atoms with van der Waals surface area (Å²) in [7, 11) is 0. The highest BCUT2D eigenvalue weighted by Crippen LogP contribution is 2.28. The molecule has 1 aliphatic rings. The Labute approximate surface area is 121 Å². The molecule has 1 fully saturated rings. The summed E-state index contributed by atoms with van der Waals surface area (Å²) >= 11 is 3.42. The van der Waals surface area contributed by atoms with Gasteiger partial charge in [0.15, 0.2) is 0 Å². The zero-order chi connectivity index (χ0) is 12.3. The van der Waals surface area contributed by atoms with E-state index in [1.807, 2.05) is 0 Å². The first-order valence-electron chi connectivity index (χ1n) is 5.73. The van der Waals surface area contributed by atoms with Gasteiger partial charge < -0.3 is 10.4 Å². The summed E-state index contributed by atoms with van der Waals surface area (Å²) < 4.78 is 14.1. The Morgan fingerprint density at radius 3 is 2.67 bits per heavy atom. The van der Waals surface area contributed by atoms with E-state index in [1.165, 1.54) is 12.1 Å². The average Bonchev–Trinajstić information content (AvgIpc) is 2.36. The van der Waals surface area contributed by atoms with Crippen molar-refractivity contribution in [2.75, 3.05) is 32.8 Å². The lowest BCUT2D eigenvalue weighted by atomic mass is 10.1. The third kappa shape index (κ3) is 3.65. The van der Waals surface area contributed by atoms with E-state index in [0.29, 0.717) is 0 Å². The molecular formula is C12H17BrClFN2O. The van der Waals surface area contributed by atoms with Crippen LogP contribution in [-0.4, -0.2) is 42.8 Å². The highest BCUT2D eigenvalue weighted by molar-refractivity contribution is 9.10.